The third-order valence-electron chi connectivity index (χ3n) is 2.66. The van der Waals surface area contributed by atoms with Crippen LogP contribution in [0.3, 0.4) is 0 Å². The Bertz CT molecular complexity index is 744. The van der Waals surface area contributed by atoms with E-state index in [4.69, 9.17) is 39.5 Å². The number of esters is 1. The van der Waals surface area contributed by atoms with E-state index >= 15 is 0 Å². The first-order valence-electron chi connectivity index (χ1n) is 6.27. The molecule has 0 fully saturated rings. The summed E-state index contributed by atoms with van der Waals surface area (Å²) in [6.45, 7) is -0.547. The largest absolute Gasteiger partial charge is 0.507 e. The van der Waals surface area contributed by atoms with Crippen LogP contribution in [0.5, 0.6) is 5.75 Å². The highest BCUT2D eigenvalue weighted by atomic mass is 35.5. The lowest BCUT2D eigenvalue weighted by Crippen LogP contribution is -2.21. The number of rotatable bonds is 4. The summed E-state index contributed by atoms with van der Waals surface area (Å²) in [6, 6.07) is 8.43. The normalized spacial score (nSPS) is 10.2. The van der Waals surface area contributed by atoms with Crippen molar-refractivity contribution >= 4 is 52.4 Å². The Morgan fingerprint density at radius 1 is 1.00 bits per heavy atom. The van der Waals surface area contributed by atoms with Gasteiger partial charge in [0.1, 0.15) is 11.3 Å². The summed E-state index contributed by atoms with van der Waals surface area (Å²) in [5.74, 6) is -1.75. The minimum absolute atomic E-state index is 0.129. The quantitative estimate of drug-likeness (QED) is 0.788. The SMILES string of the molecule is O=C(COC(=O)c1cc(Cl)ccc1O)Nc1cc(Cl)cc(Cl)c1. The maximum absolute atomic E-state index is 11.8. The third kappa shape index (κ3) is 5.03. The molecule has 0 atom stereocenters. The molecule has 0 saturated carbocycles. The number of nitrogens with one attached hydrogen (secondary N) is 1. The number of phenolic OH excluding ortho intramolecular Hbond substituents is 1. The lowest BCUT2D eigenvalue weighted by Gasteiger charge is -2.08. The fourth-order valence-corrected chi connectivity index (χ4v) is 2.40. The minimum atomic E-state index is -0.871. The number of hydrogen-bond acceptors (Lipinski definition) is 4. The molecule has 2 aromatic rings. The van der Waals surface area contributed by atoms with Gasteiger partial charge >= 0.3 is 5.97 Å². The van der Waals surface area contributed by atoms with Gasteiger partial charge in [-0.2, -0.15) is 0 Å². The monoisotopic (exact) mass is 373 g/mol. The summed E-state index contributed by atoms with van der Waals surface area (Å²) in [6.07, 6.45) is 0. The lowest BCUT2D eigenvalue weighted by molar-refractivity contribution is -0.119. The van der Waals surface area contributed by atoms with Gasteiger partial charge in [-0.15, -0.1) is 0 Å². The number of halogens is 3. The second kappa shape index (κ2) is 7.55. The summed E-state index contributed by atoms with van der Waals surface area (Å²) < 4.78 is 4.82. The Labute approximate surface area is 146 Å². The van der Waals surface area contributed by atoms with Gasteiger partial charge in [-0.05, 0) is 36.4 Å². The molecule has 0 unspecified atom stereocenters. The van der Waals surface area contributed by atoms with E-state index < -0.39 is 18.5 Å². The Balaban J connectivity index is 1.96. The van der Waals surface area contributed by atoms with Crippen molar-refractivity contribution in [3.05, 3.63) is 57.0 Å². The topological polar surface area (TPSA) is 75.6 Å². The first-order chi connectivity index (χ1) is 10.8. The van der Waals surface area contributed by atoms with Crippen LogP contribution in [-0.4, -0.2) is 23.6 Å². The van der Waals surface area contributed by atoms with Gasteiger partial charge < -0.3 is 15.2 Å². The van der Waals surface area contributed by atoms with Crippen molar-refractivity contribution < 1.29 is 19.4 Å². The van der Waals surface area contributed by atoms with E-state index in [1.807, 2.05) is 0 Å². The summed E-state index contributed by atoms with van der Waals surface area (Å²) in [7, 11) is 0. The zero-order chi connectivity index (χ0) is 17.0. The molecule has 8 heteroatoms. The molecule has 0 radical (unpaired) electrons. The van der Waals surface area contributed by atoms with Crippen molar-refractivity contribution in [3.63, 3.8) is 0 Å². The molecule has 1 amide bonds. The van der Waals surface area contributed by atoms with Gasteiger partial charge in [0.25, 0.3) is 5.91 Å². The predicted molar refractivity (Wildman–Crippen MR) is 88.5 cm³/mol. The van der Waals surface area contributed by atoms with Crippen molar-refractivity contribution in [2.24, 2.45) is 0 Å². The molecule has 0 bridgehead atoms. The van der Waals surface area contributed by atoms with E-state index in [0.29, 0.717) is 15.7 Å². The van der Waals surface area contributed by atoms with Crippen LogP contribution in [0.25, 0.3) is 0 Å². The average molecular weight is 375 g/mol. The number of benzene rings is 2. The molecule has 0 aromatic heterocycles. The van der Waals surface area contributed by atoms with E-state index in [-0.39, 0.29) is 16.3 Å². The van der Waals surface area contributed by atoms with E-state index in [0.717, 1.165) is 0 Å². The van der Waals surface area contributed by atoms with Crippen molar-refractivity contribution in [3.8, 4) is 5.75 Å². The molecule has 0 aliphatic rings. The second-order valence-electron chi connectivity index (χ2n) is 4.44. The smallest absolute Gasteiger partial charge is 0.342 e. The lowest BCUT2D eigenvalue weighted by atomic mass is 10.2. The van der Waals surface area contributed by atoms with Crippen molar-refractivity contribution in [2.45, 2.75) is 0 Å². The van der Waals surface area contributed by atoms with Crippen LogP contribution in [0, 0.1) is 0 Å². The molecule has 0 aliphatic heterocycles. The molecular formula is C15H10Cl3NO4. The van der Waals surface area contributed by atoms with Gasteiger partial charge in [-0.3, -0.25) is 4.79 Å². The van der Waals surface area contributed by atoms with Crippen LogP contribution in [0.2, 0.25) is 15.1 Å². The van der Waals surface area contributed by atoms with E-state index in [1.165, 1.54) is 36.4 Å². The molecule has 120 valence electrons. The van der Waals surface area contributed by atoms with Crippen LogP contribution < -0.4 is 5.32 Å². The van der Waals surface area contributed by atoms with Crippen molar-refractivity contribution in [1.29, 1.82) is 0 Å². The Morgan fingerprint density at radius 3 is 2.30 bits per heavy atom. The van der Waals surface area contributed by atoms with E-state index in [9.17, 15) is 14.7 Å². The highest BCUT2D eigenvalue weighted by Gasteiger charge is 2.15. The molecule has 5 nitrogen and oxygen atoms in total. The Kier molecular flexibility index (Phi) is 5.71. The first-order valence-corrected chi connectivity index (χ1v) is 7.40. The maximum Gasteiger partial charge on any atom is 0.342 e. The van der Waals surface area contributed by atoms with Crippen molar-refractivity contribution in [1.82, 2.24) is 0 Å². The van der Waals surface area contributed by atoms with Gasteiger partial charge in [0.15, 0.2) is 6.61 Å². The van der Waals surface area contributed by atoms with Crippen LogP contribution in [0.4, 0.5) is 5.69 Å². The third-order valence-corrected chi connectivity index (χ3v) is 3.33. The molecule has 2 rings (SSSR count). The molecule has 0 heterocycles. The number of hydrogen-bond donors (Lipinski definition) is 2. The number of ether oxygens (including phenoxy) is 1. The molecular weight excluding hydrogens is 365 g/mol. The van der Waals surface area contributed by atoms with Crippen LogP contribution in [0.15, 0.2) is 36.4 Å². The van der Waals surface area contributed by atoms with Gasteiger partial charge in [0, 0.05) is 20.8 Å². The molecule has 2 N–H and O–H groups in total. The zero-order valence-corrected chi connectivity index (χ0v) is 13.7. The molecule has 0 saturated heterocycles. The Morgan fingerprint density at radius 2 is 1.65 bits per heavy atom. The maximum atomic E-state index is 11.8. The molecule has 23 heavy (non-hydrogen) atoms. The number of amides is 1. The summed E-state index contributed by atoms with van der Waals surface area (Å²) >= 11 is 17.4. The highest BCUT2D eigenvalue weighted by molar-refractivity contribution is 6.35. The van der Waals surface area contributed by atoms with Crippen LogP contribution in [0.1, 0.15) is 10.4 Å². The van der Waals surface area contributed by atoms with Gasteiger partial charge in [-0.25, -0.2) is 4.79 Å². The summed E-state index contributed by atoms with van der Waals surface area (Å²) in [4.78, 5) is 23.6. The van der Waals surface area contributed by atoms with E-state index in [1.54, 1.807) is 0 Å². The fourth-order valence-electron chi connectivity index (χ4n) is 1.70. The molecule has 0 aliphatic carbocycles. The van der Waals surface area contributed by atoms with Gasteiger partial charge in [0.2, 0.25) is 0 Å². The van der Waals surface area contributed by atoms with Crippen LogP contribution in [-0.2, 0) is 9.53 Å². The predicted octanol–water partition coefficient (Wildman–Crippen LogP) is 4.15. The minimum Gasteiger partial charge on any atom is -0.507 e. The summed E-state index contributed by atoms with van der Waals surface area (Å²) in [5, 5.41) is 13.0. The standard InChI is InChI=1S/C15H10Cl3NO4/c16-8-1-2-13(20)12(6-8)15(22)23-7-14(21)19-11-4-9(17)3-10(18)5-11/h1-6,20H,7H2,(H,19,21). The second-order valence-corrected chi connectivity index (χ2v) is 5.75. The molecule has 0 spiro atoms. The van der Waals surface area contributed by atoms with Gasteiger partial charge in [0.05, 0.1) is 0 Å². The number of phenols is 1. The highest BCUT2D eigenvalue weighted by Crippen LogP contribution is 2.23. The Hall–Kier alpha value is -1.95. The number of carbonyl (C=O) groups is 2. The van der Waals surface area contributed by atoms with Gasteiger partial charge in [-0.1, -0.05) is 34.8 Å². The number of carbonyl (C=O) groups excluding carboxylic acids is 2. The summed E-state index contributed by atoms with van der Waals surface area (Å²) in [5.41, 5.74) is 0.241. The fraction of sp³-hybridized carbons (Fsp3) is 0.0667. The number of anilines is 1. The van der Waals surface area contributed by atoms with Crippen LogP contribution >= 0.6 is 34.8 Å². The average Bonchev–Trinajstić information content (AvgIpc) is 2.46. The zero-order valence-electron chi connectivity index (χ0n) is 11.5. The van der Waals surface area contributed by atoms with E-state index in [2.05, 4.69) is 5.32 Å². The molecule has 2 aromatic carbocycles. The van der Waals surface area contributed by atoms with Crippen molar-refractivity contribution in [2.75, 3.05) is 11.9 Å². The first kappa shape index (κ1) is 17.4. The number of aromatic hydroxyl groups is 1.